The normalized spacial score (nSPS) is 15.8. The quantitative estimate of drug-likeness (QED) is 0.274. The van der Waals surface area contributed by atoms with Gasteiger partial charge < -0.3 is 9.64 Å². The summed E-state index contributed by atoms with van der Waals surface area (Å²) in [6.07, 6.45) is -2.29. The molecule has 1 aliphatic heterocycles. The van der Waals surface area contributed by atoms with E-state index in [4.69, 9.17) is 4.74 Å². The highest BCUT2D eigenvalue weighted by molar-refractivity contribution is 5.94. The molecule has 2 aromatic rings. The molecule has 1 aliphatic rings. The first-order valence-electron chi connectivity index (χ1n) is 14.5. The molecular formula is C32H46F3N3O2. The van der Waals surface area contributed by atoms with Crippen LogP contribution >= 0.6 is 0 Å². The zero-order chi connectivity index (χ0) is 29.6. The van der Waals surface area contributed by atoms with Gasteiger partial charge in [-0.05, 0) is 115 Å². The maximum atomic E-state index is 12.9. The summed E-state index contributed by atoms with van der Waals surface area (Å²) in [5.74, 6) is 0.709. The van der Waals surface area contributed by atoms with Gasteiger partial charge in [0.15, 0.2) is 0 Å². The van der Waals surface area contributed by atoms with Crippen LogP contribution in [-0.4, -0.2) is 72.0 Å². The first-order valence-corrected chi connectivity index (χ1v) is 14.5. The maximum absolute atomic E-state index is 12.9. The molecule has 1 unspecified atom stereocenters. The number of ether oxygens (including phenoxy) is 1. The van der Waals surface area contributed by atoms with Crippen LogP contribution in [0.4, 0.5) is 13.2 Å². The van der Waals surface area contributed by atoms with Crippen molar-refractivity contribution in [3.63, 3.8) is 0 Å². The highest BCUT2D eigenvalue weighted by Gasteiger charge is 2.31. The predicted molar refractivity (Wildman–Crippen MR) is 155 cm³/mol. The third-order valence-corrected chi connectivity index (χ3v) is 8.23. The van der Waals surface area contributed by atoms with E-state index in [0.29, 0.717) is 44.9 Å². The molecule has 1 saturated heterocycles. The minimum absolute atomic E-state index is 0.175. The van der Waals surface area contributed by atoms with Crippen LogP contribution in [0.1, 0.15) is 86.1 Å². The Hall–Kier alpha value is -2.58. The second kappa shape index (κ2) is 13.9. The molecule has 0 spiro atoms. The number of nitrogens with zero attached hydrogens (tertiary/aromatic N) is 3. The molecule has 8 heteroatoms. The summed E-state index contributed by atoms with van der Waals surface area (Å²) in [5, 5.41) is 0. The molecule has 0 aliphatic carbocycles. The van der Waals surface area contributed by atoms with E-state index in [-0.39, 0.29) is 17.5 Å². The van der Waals surface area contributed by atoms with Gasteiger partial charge >= 0.3 is 6.18 Å². The largest absolute Gasteiger partial charge is 0.493 e. The van der Waals surface area contributed by atoms with E-state index >= 15 is 0 Å². The van der Waals surface area contributed by atoms with Crippen molar-refractivity contribution in [1.29, 1.82) is 0 Å². The van der Waals surface area contributed by atoms with Gasteiger partial charge in [0.2, 0.25) is 0 Å². The second-order valence-corrected chi connectivity index (χ2v) is 11.5. The molecule has 0 saturated carbocycles. The second-order valence-electron chi connectivity index (χ2n) is 11.5. The summed E-state index contributed by atoms with van der Waals surface area (Å²) in [4.78, 5) is 19.5. The van der Waals surface area contributed by atoms with Crippen molar-refractivity contribution in [2.45, 2.75) is 85.6 Å². The summed E-state index contributed by atoms with van der Waals surface area (Å²) in [6, 6.07) is 9.96. The summed E-state index contributed by atoms with van der Waals surface area (Å²) < 4.78 is 44.7. The lowest BCUT2D eigenvalue weighted by atomic mass is 9.96. The summed E-state index contributed by atoms with van der Waals surface area (Å²) in [7, 11) is 0. The molecule has 5 nitrogen and oxygen atoms in total. The minimum Gasteiger partial charge on any atom is -0.493 e. The Balaban J connectivity index is 1.52. The van der Waals surface area contributed by atoms with E-state index in [0.717, 1.165) is 42.8 Å². The molecule has 1 amide bonds. The van der Waals surface area contributed by atoms with Crippen LogP contribution < -0.4 is 4.74 Å². The Morgan fingerprint density at radius 1 is 0.875 bits per heavy atom. The Kier molecular flexibility index (Phi) is 11.1. The third-order valence-electron chi connectivity index (χ3n) is 8.23. The molecule has 0 aromatic heterocycles. The molecule has 3 rings (SSSR count). The van der Waals surface area contributed by atoms with Crippen LogP contribution in [0.2, 0.25) is 0 Å². The van der Waals surface area contributed by atoms with Crippen LogP contribution in [0, 0.1) is 13.8 Å². The topological polar surface area (TPSA) is 36.0 Å². The number of unbranched alkanes of at least 4 members (excludes halogenated alkanes) is 1. The van der Waals surface area contributed by atoms with Crippen LogP contribution in [0.5, 0.6) is 5.75 Å². The number of carbonyl (C=O) groups excluding carboxylic acids is 1. The van der Waals surface area contributed by atoms with Crippen molar-refractivity contribution < 1.29 is 22.7 Å². The molecular weight excluding hydrogens is 515 g/mol. The number of halogens is 3. The van der Waals surface area contributed by atoms with Crippen molar-refractivity contribution in [2.75, 3.05) is 39.3 Å². The average Bonchev–Trinajstić information content (AvgIpc) is 2.91. The molecule has 1 atom stereocenters. The lowest BCUT2D eigenvalue weighted by Gasteiger charge is -2.39. The van der Waals surface area contributed by atoms with Gasteiger partial charge in [-0.3, -0.25) is 14.6 Å². The fraction of sp³-hybridized carbons (Fsp3) is 0.594. The lowest BCUT2D eigenvalue weighted by Crippen LogP contribution is -2.49. The fourth-order valence-electron chi connectivity index (χ4n) is 5.61. The zero-order valence-electron chi connectivity index (χ0n) is 25.1. The molecule has 0 radical (unpaired) electrons. The van der Waals surface area contributed by atoms with E-state index in [9.17, 15) is 18.0 Å². The first-order chi connectivity index (χ1) is 18.8. The van der Waals surface area contributed by atoms with Crippen LogP contribution in [-0.2, 0) is 6.18 Å². The highest BCUT2D eigenvalue weighted by Crippen LogP contribution is 2.32. The predicted octanol–water partition coefficient (Wildman–Crippen LogP) is 7.12. The van der Waals surface area contributed by atoms with Crippen LogP contribution in [0.15, 0.2) is 36.4 Å². The van der Waals surface area contributed by atoms with Gasteiger partial charge in [0.1, 0.15) is 5.75 Å². The Labute approximate surface area is 238 Å². The molecule has 0 N–H and O–H groups in total. The van der Waals surface area contributed by atoms with Gasteiger partial charge in [-0.15, -0.1) is 0 Å². The highest BCUT2D eigenvalue weighted by atomic mass is 19.4. The van der Waals surface area contributed by atoms with Crippen molar-refractivity contribution >= 4 is 5.91 Å². The van der Waals surface area contributed by atoms with Gasteiger partial charge in [0.25, 0.3) is 5.91 Å². The number of hydrogen-bond acceptors (Lipinski definition) is 4. The van der Waals surface area contributed by atoms with Gasteiger partial charge in [-0.1, -0.05) is 6.07 Å². The molecule has 222 valence electrons. The SMILES string of the molecule is Cc1c(OCCCCN(C(C)C)C(C)C)ccc(C(C)N2CCN(C(=O)c3ccc(C(F)(F)F)cc3)CC2)c1C. The van der Waals surface area contributed by atoms with Crippen LogP contribution in [0.25, 0.3) is 0 Å². The molecule has 1 heterocycles. The molecule has 0 bridgehead atoms. The van der Waals surface area contributed by atoms with E-state index in [1.54, 1.807) is 4.90 Å². The number of alkyl halides is 3. The van der Waals surface area contributed by atoms with Crippen molar-refractivity contribution in [3.05, 3.63) is 64.2 Å². The summed E-state index contributed by atoms with van der Waals surface area (Å²) >= 11 is 0. The monoisotopic (exact) mass is 561 g/mol. The smallest absolute Gasteiger partial charge is 0.416 e. The molecule has 2 aromatic carbocycles. The maximum Gasteiger partial charge on any atom is 0.416 e. The summed E-state index contributed by atoms with van der Waals surface area (Å²) in [5.41, 5.74) is 3.17. The fourth-order valence-corrected chi connectivity index (χ4v) is 5.61. The van der Waals surface area contributed by atoms with E-state index in [1.165, 1.54) is 23.3 Å². The van der Waals surface area contributed by atoms with E-state index in [2.05, 4.69) is 70.4 Å². The molecule has 1 fully saturated rings. The number of benzene rings is 2. The standard InChI is InChI=1S/C32H46F3N3O2/c1-22(2)38(23(3)4)16-8-9-21-40-30-15-14-29(24(5)25(30)6)26(7)36-17-19-37(20-18-36)31(39)27-10-12-28(13-11-27)32(33,34)35/h10-15,22-23,26H,8-9,16-21H2,1-7H3. The zero-order valence-corrected chi connectivity index (χ0v) is 25.1. The van der Waals surface area contributed by atoms with Crippen molar-refractivity contribution in [3.8, 4) is 5.75 Å². The number of amides is 1. The van der Waals surface area contributed by atoms with Gasteiger partial charge in [0.05, 0.1) is 12.2 Å². The number of carbonyl (C=O) groups is 1. The number of piperazine rings is 1. The van der Waals surface area contributed by atoms with Crippen molar-refractivity contribution in [1.82, 2.24) is 14.7 Å². The Morgan fingerprint density at radius 3 is 2.02 bits per heavy atom. The average molecular weight is 562 g/mol. The van der Waals surface area contributed by atoms with E-state index in [1.807, 2.05) is 0 Å². The van der Waals surface area contributed by atoms with Crippen molar-refractivity contribution in [2.24, 2.45) is 0 Å². The van der Waals surface area contributed by atoms with Crippen LogP contribution in [0.3, 0.4) is 0 Å². The number of rotatable bonds is 11. The Bertz CT molecular complexity index is 1100. The Morgan fingerprint density at radius 2 is 1.48 bits per heavy atom. The van der Waals surface area contributed by atoms with E-state index < -0.39 is 11.7 Å². The van der Waals surface area contributed by atoms with Gasteiger partial charge in [0, 0.05) is 49.9 Å². The first kappa shape index (κ1) is 31.9. The summed E-state index contributed by atoms with van der Waals surface area (Å²) in [6.45, 7) is 19.7. The lowest BCUT2D eigenvalue weighted by molar-refractivity contribution is -0.137. The molecule has 40 heavy (non-hydrogen) atoms. The third kappa shape index (κ3) is 8.00. The van der Waals surface area contributed by atoms with Gasteiger partial charge in [-0.2, -0.15) is 13.2 Å². The van der Waals surface area contributed by atoms with Gasteiger partial charge in [-0.25, -0.2) is 0 Å². The minimum atomic E-state index is -4.41. The number of hydrogen-bond donors (Lipinski definition) is 0.